The van der Waals surface area contributed by atoms with Gasteiger partial charge in [-0.25, -0.2) is 16.8 Å². The van der Waals surface area contributed by atoms with Gasteiger partial charge in [-0.3, -0.25) is 9.52 Å². The lowest BCUT2D eigenvalue weighted by Crippen LogP contribution is -2.35. The highest BCUT2D eigenvalue weighted by molar-refractivity contribution is 7.92. The third kappa shape index (κ3) is 4.82. The summed E-state index contributed by atoms with van der Waals surface area (Å²) in [5.41, 5.74) is 0.618. The Bertz CT molecular complexity index is 1060. The first-order valence-corrected chi connectivity index (χ1v) is 11.8. The van der Waals surface area contributed by atoms with Crippen LogP contribution in [0.3, 0.4) is 0 Å². The molecule has 1 aliphatic heterocycles. The van der Waals surface area contributed by atoms with Gasteiger partial charge in [0, 0.05) is 17.3 Å². The molecule has 0 spiro atoms. The predicted octanol–water partition coefficient (Wildman–Crippen LogP) is 1.41. The number of carbonyl (C=O) groups is 1. The van der Waals surface area contributed by atoms with E-state index in [9.17, 15) is 21.6 Å². The van der Waals surface area contributed by atoms with Gasteiger partial charge < -0.3 is 10.1 Å². The SMILES string of the molecule is COc1ccc(S(=O)(=O)Nc2ccc(C(=O)N[C@H]3CCS(=O)(=O)C3)cc2)cc1. The van der Waals surface area contributed by atoms with Crippen LogP contribution in [-0.2, 0) is 19.9 Å². The highest BCUT2D eigenvalue weighted by atomic mass is 32.2. The van der Waals surface area contributed by atoms with Crippen molar-refractivity contribution in [1.29, 1.82) is 0 Å². The monoisotopic (exact) mass is 424 g/mol. The van der Waals surface area contributed by atoms with Crippen LogP contribution in [0.5, 0.6) is 5.75 Å². The second-order valence-corrected chi connectivity index (χ2v) is 10.3. The van der Waals surface area contributed by atoms with Crippen LogP contribution in [-0.4, -0.2) is 47.4 Å². The number of carbonyl (C=O) groups excluding carboxylic acids is 1. The first-order valence-electron chi connectivity index (χ1n) is 8.47. The van der Waals surface area contributed by atoms with Gasteiger partial charge in [0.15, 0.2) is 9.84 Å². The zero-order valence-corrected chi connectivity index (χ0v) is 16.7. The molecule has 8 nitrogen and oxygen atoms in total. The molecule has 28 heavy (non-hydrogen) atoms. The molecule has 0 unspecified atom stereocenters. The molecule has 2 aromatic carbocycles. The zero-order valence-electron chi connectivity index (χ0n) is 15.1. The third-order valence-corrected chi connectivity index (χ3v) is 7.50. The van der Waals surface area contributed by atoms with E-state index in [1.54, 1.807) is 12.1 Å². The molecule has 0 aliphatic carbocycles. The number of hydrogen-bond donors (Lipinski definition) is 2. The van der Waals surface area contributed by atoms with Crippen molar-refractivity contribution < 1.29 is 26.4 Å². The number of sulfonamides is 1. The number of methoxy groups -OCH3 is 1. The normalized spacial score (nSPS) is 18.4. The Kier molecular flexibility index (Phi) is 5.61. The second kappa shape index (κ2) is 7.80. The lowest BCUT2D eigenvalue weighted by Gasteiger charge is -2.12. The maximum atomic E-state index is 12.4. The van der Waals surface area contributed by atoms with Gasteiger partial charge in [-0.1, -0.05) is 0 Å². The molecular formula is C18H20N2O6S2. The number of ether oxygens (including phenoxy) is 1. The average Bonchev–Trinajstić information content (AvgIpc) is 3.00. The van der Waals surface area contributed by atoms with E-state index in [2.05, 4.69) is 10.0 Å². The number of benzene rings is 2. The molecule has 0 saturated carbocycles. The Hall–Kier alpha value is -2.59. The highest BCUT2D eigenvalue weighted by Gasteiger charge is 2.29. The van der Waals surface area contributed by atoms with Crippen LogP contribution in [0.1, 0.15) is 16.8 Å². The van der Waals surface area contributed by atoms with Gasteiger partial charge in [-0.15, -0.1) is 0 Å². The summed E-state index contributed by atoms with van der Waals surface area (Å²) in [7, 11) is -5.37. The summed E-state index contributed by atoms with van der Waals surface area (Å²) in [6.07, 6.45) is 0.397. The summed E-state index contributed by atoms with van der Waals surface area (Å²) in [6.45, 7) is 0. The zero-order chi connectivity index (χ0) is 20.4. The summed E-state index contributed by atoms with van der Waals surface area (Å²) < 4.78 is 55.2. The summed E-state index contributed by atoms with van der Waals surface area (Å²) in [5.74, 6) is 0.165. The molecule has 1 fully saturated rings. The fraction of sp³-hybridized carbons (Fsp3) is 0.278. The Morgan fingerprint density at radius 3 is 2.25 bits per heavy atom. The van der Waals surface area contributed by atoms with Gasteiger partial charge in [-0.05, 0) is 55.0 Å². The van der Waals surface area contributed by atoms with E-state index in [0.29, 0.717) is 23.4 Å². The molecule has 1 amide bonds. The molecule has 2 aromatic rings. The fourth-order valence-electron chi connectivity index (χ4n) is 2.84. The van der Waals surface area contributed by atoms with Crippen molar-refractivity contribution >= 4 is 31.5 Å². The van der Waals surface area contributed by atoms with E-state index in [-0.39, 0.29) is 16.4 Å². The van der Waals surface area contributed by atoms with E-state index < -0.39 is 31.8 Å². The maximum absolute atomic E-state index is 12.4. The average molecular weight is 425 g/mol. The number of anilines is 1. The van der Waals surface area contributed by atoms with Crippen molar-refractivity contribution in [3.8, 4) is 5.75 Å². The minimum absolute atomic E-state index is 0.0571. The van der Waals surface area contributed by atoms with Crippen LogP contribution in [0, 0.1) is 0 Å². The molecule has 0 radical (unpaired) electrons. The molecule has 3 rings (SSSR count). The van der Waals surface area contributed by atoms with Crippen molar-refractivity contribution in [1.82, 2.24) is 5.32 Å². The Balaban J connectivity index is 1.65. The van der Waals surface area contributed by atoms with Crippen molar-refractivity contribution in [2.75, 3.05) is 23.3 Å². The standard InChI is InChI=1S/C18H20N2O6S2/c1-26-16-6-8-17(9-7-16)28(24,25)20-14-4-2-13(3-5-14)18(21)19-15-10-11-27(22,23)12-15/h2-9,15,20H,10-12H2,1H3,(H,19,21)/t15-/m0/s1. The molecule has 0 bridgehead atoms. The fourth-order valence-corrected chi connectivity index (χ4v) is 5.57. The molecular weight excluding hydrogens is 404 g/mol. The lowest BCUT2D eigenvalue weighted by atomic mass is 10.1. The van der Waals surface area contributed by atoms with E-state index >= 15 is 0 Å². The Morgan fingerprint density at radius 1 is 1.07 bits per heavy atom. The van der Waals surface area contributed by atoms with Crippen molar-refractivity contribution in [2.24, 2.45) is 0 Å². The largest absolute Gasteiger partial charge is 0.497 e. The molecule has 2 N–H and O–H groups in total. The first-order chi connectivity index (χ1) is 13.2. The van der Waals surface area contributed by atoms with E-state index in [0.717, 1.165) is 0 Å². The summed E-state index contributed by atoms with van der Waals surface area (Å²) >= 11 is 0. The topological polar surface area (TPSA) is 119 Å². The number of rotatable bonds is 6. The molecule has 1 heterocycles. The van der Waals surface area contributed by atoms with Crippen molar-refractivity contribution in [3.63, 3.8) is 0 Å². The first kappa shape index (κ1) is 20.2. The molecule has 1 atom stereocenters. The van der Waals surface area contributed by atoms with Crippen LogP contribution in [0.2, 0.25) is 0 Å². The quantitative estimate of drug-likeness (QED) is 0.724. The van der Waals surface area contributed by atoms with E-state index in [1.807, 2.05) is 0 Å². The van der Waals surface area contributed by atoms with Crippen molar-refractivity contribution in [3.05, 3.63) is 54.1 Å². The molecule has 10 heteroatoms. The minimum Gasteiger partial charge on any atom is -0.497 e. The van der Waals surface area contributed by atoms with E-state index in [4.69, 9.17) is 4.74 Å². The minimum atomic E-state index is -3.78. The summed E-state index contributed by atoms with van der Waals surface area (Å²) in [5, 5.41) is 2.69. The van der Waals surface area contributed by atoms with Crippen LogP contribution in [0.15, 0.2) is 53.4 Å². The number of sulfone groups is 1. The lowest BCUT2D eigenvalue weighted by molar-refractivity contribution is 0.0941. The van der Waals surface area contributed by atoms with Crippen LogP contribution in [0.25, 0.3) is 0 Å². The van der Waals surface area contributed by atoms with E-state index in [1.165, 1.54) is 43.5 Å². The van der Waals surface area contributed by atoms with Crippen LogP contribution >= 0.6 is 0 Å². The van der Waals surface area contributed by atoms with Crippen molar-refractivity contribution in [2.45, 2.75) is 17.4 Å². The molecule has 150 valence electrons. The molecule has 1 aliphatic rings. The highest BCUT2D eigenvalue weighted by Crippen LogP contribution is 2.20. The van der Waals surface area contributed by atoms with Crippen LogP contribution in [0.4, 0.5) is 5.69 Å². The van der Waals surface area contributed by atoms with Gasteiger partial charge in [0.25, 0.3) is 15.9 Å². The number of nitrogens with one attached hydrogen (secondary N) is 2. The van der Waals surface area contributed by atoms with Gasteiger partial charge in [0.2, 0.25) is 0 Å². The second-order valence-electron chi connectivity index (χ2n) is 6.43. The van der Waals surface area contributed by atoms with Gasteiger partial charge in [0.05, 0.1) is 23.5 Å². The smallest absolute Gasteiger partial charge is 0.261 e. The van der Waals surface area contributed by atoms with Gasteiger partial charge in [0.1, 0.15) is 5.75 Å². The van der Waals surface area contributed by atoms with Crippen LogP contribution < -0.4 is 14.8 Å². The number of hydrogen-bond acceptors (Lipinski definition) is 6. The Labute approximate surface area is 163 Å². The maximum Gasteiger partial charge on any atom is 0.261 e. The molecule has 1 saturated heterocycles. The van der Waals surface area contributed by atoms with Gasteiger partial charge in [-0.2, -0.15) is 0 Å². The number of amides is 1. The third-order valence-electron chi connectivity index (χ3n) is 4.34. The summed E-state index contributed by atoms with van der Waals surface area (Å²) in [4.78, 5) is 12.3. The molecule has 0 aromatic heterocycles. The summed E-state index contributed by atoms with van der Waals surface area (Å²) in [6, 6.07) is 11.5. The predicted molar refractivity (Wildman–Crippen MR) is 105 cm³/mol. The Morgan fingerprint density at radius 2 is 1.71 bits per heavy atom. The van der Waals surface area contributed by atoms with Gasteiger partial charge >= 0.3 is 0 Å².